The maximum absolute atomic E-state index is 14.1. The molecule has 0 unspecified atom stereocenters. The molecule has 0 aliphatic heterocycles. The standard InChI is InChI=1S/C19H16BrF4N5O3S/c1-3-33(31,32)12-6-9(20)15(28-17(30)18(21)4-5-18)27-14(12)16-26-10-7-13(19(22,23)24)25-8-11(10)29(16)2/h6-8H,3-5H2,1-2H3,(H,27,28,30). The summed E-state index contributed by atoms with van der Waals surface area (Å²) < 4.78 is 80.3. The Bertz CT molecular complexity index is 1400. The van der Waals surface area contributed by atoms with Crippen molar-refractivity contribution < 1.29 is 30.8 Å². The molecule has 14 heteroatoms. The van der Waals surface area contributed by atoms with Crippen LogP contribution in [0, 0.1) is 0 Å². The molecule has 8 nitrogen and oxygen atoms in total. The number of carbonyl (C=O) groups excluding carboxylic acids is 1. The number of amides is 1. The number of sulfone groups is 1. The third-order valence-electron chi connectivity index (χ3n) is 5.25. The van der Waals surface area contributed by atoms with Gasteiger partial charge < -0.3 is 9.88 Å². The van der Waals surface area contributed by atoms with Crippen molar-refractivity contribution in [1.82, 2.24) is 19.5 Å². The van der Waals surface area contributed by atoms with Gasteiger partial charge >= 0.3 is 6.18 Å². The first-order valence-electron chi connectivity index (χ1n) is 9.60. The molecule has 3 aromatic rings. The minimum atomic E-state index is -4.69. The second-order valence-electron chi connectivity index (χ2n) is 7.54. The number of fused-ring (bicyclic) bond motifs is 1. The quantitative estimate of drug-likeness (QED) is 0.481. The molecule has 4 rings (SSSR count). The number of hydrogen-bond acceptors (Lipinski definition) is 6. The molecule has 33 heavy (non-hydrogen) atoms. The van der Waals surface area contributed by atoms with E-state index in [4.69, 9.17) is 0 Å². The molecule has 0 aromatic carbocycles. The summed E-state index contributed by atoms with van der Waals surface area (Å²) in [7, 11) is -2.41. The second kappa shape index (κ2) is 7.72. The number of rotatable bonds is 5. The van der Waals surface area contributed by atoms with Crippen LogP contribution in [0.1, 0.15) is 25.5 Å². The lowest BCUT2D eigenvalue weighted by molar-refractivity contribution is -0.141. The van der Waals surface area contributed by atoms with Gasteiger partial charge in [-0.25, -0.2) is 27.8 Å². The number of aromatic nitrogens is 4. The maximum atomic E-state index is 14.1. The third-order valence-corrected chi connectivity index (χ3v) is 7.60. The lowest BCUT2D eigenvalue weighted by atomic mass is 10.3. The molecule has 0 radical (unpaired) electrons. The third kappa shape index (κ3) is 4.21. The van der Waals surface area contributed by atoms with Crippen LogP contribution in [-0.4, -0.2) is 45.3 Å². The first-order chi connectivity index (χ1) is 15.3. The van der Waals surface area contributed by atoms with Crippen molar-refractivity contribution >= 4 is 48.5 Å². The van der Waals surface area contributed by atoms with Crippen LogP contribution in [0.15, 0.2) is 27.7 Å². The second-order valence-corrected chi connectivity index (χ2v) is 10.6. The molecular formula is C19H16BrF4N5O3S. The highest BCUT2D eigenvalue weighted by atomic mass is 79.9. The van der Waals surface area contributed by atoms with Crippen LogP contribution in [0.25, 0.3) is 22.6 Å². The van der Waals surface area contributed by atoms with Gasteiger partial charge in [0.2, 0.25) is 0 Å². The molecule has 3 heterocycles. The van der Waals surface area contributed by atoms with Gasteiger partial charge in [-0.3, -0.25) is 4.79 Å². The molecule has 1 fully saturated rings. The predicted octanol–water partition coefficient (Wildman–Crippen LogP) is 4.05. The fraction of sp³-hybridized carbons (Fsp3) is 0.368. The van der Waals surface area contributed by atoms with Gasteiger partial charge in [0.05, 0.1) is 32.4 Å². The molecule has 0 bridgehead atoms. The topological polar surface area (TPSA) is 107 Å². The van der Waals surface area contributed by atoms with E-state index in [0.29, 0.717) is 0 Å². The Morgan fingerprint density at radius 1 is 1.27 bits per heavy atom. The summed E-state index contributed by atoms with van der Waals surface area (Å²) in [5, 5.41) is 2.34. The number of anilines is 1. The summed E-state index contributed by atoms with van der Waals surface area (Å²) in [6.07, 6.45) is -3.60. The number of pyridine rings is 2. The van der Waals surface area contributed by atoms with Gasteiger partial charge in [0.25, 0.3) is 5.91 Å². The van der Waals surface area contributed by atoms with Gasteiger partial charge in [0.15, 0.2) is 21.3 Å². The Morgan fingerprint density at radius 2 is 1.94 bits per heavy atom. The molecule has 1 aliphatic rings. The largest absolute Gasteiger partial charge is 0.433 e. The minimum absolute atomic E-state index is 0.0604. The minimum Gasteiger partial charge on any atom is -0.324 e. The zero-order chi connectivity index (χ0) is 24.3. The van der Waals surface area contributed by atoms with Crippen molar-refractivity contribution in [2.75, 3.05) is 11.1 Å². The fourth-order valence-corrected chi connectivity index (χ4v) is 4.73. The average molecular weight is 550 g/mol. The van der Waals surface area contributed by atoms with E-state index >= 15 is 0 Å². The Labute approximate surface area is 193 Å². The lowest BCUT2D eigenvalue weighted by Crippen LogP contribution is -2.26. The SMILES string of the molecule is CCS(=O)(=O)c1cc(Br)c(NC(=O)C2(F)CC2)nc1-c1nc2cc(C(F)(F)F)ncc2n1C. The number of nitrogens with one attached hydrogen (secondary N) is 1. The van der Waals surface area contributed by atoms with Crippen LogP contribution in [0.5, 0.6) is 0 Å². The van der Waals surface area contributed by atoms with Crippen LogP contribution < -0.4 is 5.32 Å². The van der Waals surface area contributed by atoms with Gasteiger partial charge in [-0.1, -0.05) is 6.92 Å². The van der Waals surface area contributed by atoms with Gasteiger partial charge in [-0.2, -0.15) is 13.2 Å². The first-order valence-corrected chi connectivity index (χ1v) is 12.0. The van der Waals surface area contributed by atoms with E-state index in [-0.39, 0.29) is 56.3 Å². The van der Waals surface area contributed by atoms with Crippen LogP contribution in [0.3, 0.4) is 0 Å². The van der Waals surface area contributed by atoms with E-state index in [1.54, 1.807) is 0 Å². The van der Waals surface area contributed by atoms with E-state index in [2.05, 4.69) is 36.2 Å². The Kier molecular flexibility index (Phi) is 5.51. The number of nitrogens with zero attached hydrogens (tertiary/aromatic N) is 4. The van der Waals surface area contributed by atoms with Crippen LogP contribution in [0.2, 0.25) is 0 Å². The van der Waals surface area contributed by atoms with E-state index < -0.39 is 33.3 Å². The number of carbonyl (C=O) groups is 1. The number of hydrogen-bond donors (Lipinski definition) is 1. The molecule has 1 saturated carbocycles. The van der Waals surface area contributed by atoms with Crippen molar-refractivity contribution in [3.63, 3.8) is 0 Å². The highest BCUT2D eigenvalue weighted by molar-refractivity contribution is 9.10. The van der Waals surface area contributed by atoms with Crippen molar-refractivity contribution in [3.8, 4) is 11.5 Å². The van der Waals surface area contributed by atoms with Crippen LogP contribution >= 0.6 is 15.9 Å². The van der Waals surface area contributed by atoms with Gasteiger partial charge in [0, 0.05) is 7.05 Å². The molecule has 1 N–H and O–H groups in total. The van der Waals surface area contributed by atoms with E-state index in [1.165, 1.54) is 24.6 Å². The molecule has 0 saturated heterocycles. The zero-order valence-corrected chi connectivity index (χ0v) is 19.6. The number of halogens is 5. The van der Waals surface area contributed by atoms with Crippen molar-refractivity contribution in [2.24, 2.45) is 7.05 Å². The Morgan fingerprint density at radius 3 is 2.52 bits per heavy atom. The Hall–Kier alpha value is -2.61. The lowest BCUT2D eigenvalue weighted by Gasteiger charge is -2.14. The van der Waals surface area contributed by atoms with Crippen LogP contribution in [-0.2, 0) is 27.9 Å². The first kappa shape index (κ1) is 23.5. The van der Waals surface area contributed by atoms with E-state index in [1.807, 2.05) is 0 Å². The fourth-order valence-electron chi connectivity index (χ4n) is 3.12. The molecular weight excluding hydrogens is 534 g/mol. The molecule has 1 amide bonds. The summed E-state index contributed by atoms with van der Waals surface area (Å²) in [5.41, 5.74) is -3.24. The molecule has 3 aromatic heterocycles. The molecule has 176 valence electrons. The Balaban J connectivity index is 1.92. The summed E-state index contributed by atoms with van der Waals surface area (Å²) in [6.45, 7) is 1.41. The summed E-state index contributed by atoms with van der Waals surface area (Å²) in [6, 6.07) is 1.95. The number of alkyl halides is 4. The maximum Gasteiger partial charge on any atom is 0.433 e. The monoisotopic (exact) mass is 549 g/mol. The normalized spacial score (nSPS) is 15.6. The predicted molar refractivity (Wildman–Crippen MR) is 114 cm³/mol. The molecule has 1 aliphatic carbocycles. The highest BCUT2D eigenvalue weighted by Crippen LogP contribution is 2.41. The highest BCUT2D eigenvalue weighted by Gasteiger charge is 2.51. The average Bonchev–Trinajstić information content (AvgIpc) is 3.42. The van der Waals surface area contributed by atoms with Gasteiger partial charge in [-0.15, -0.1) is 0 Å². The summed E-state index contributed by atoms with van der Waals surface area (Å²) in [5.74, 6) is -1.42. The van der Waals surface area contributed by atoms with Crippen molar-refractivity contribution in [1.29, 1.82) is 0 Å². The summed E-state index contributed by atoms with van der Waals surface area (Å²) >= 11 is 3.15. The van der Waals surface area contributed by atoms with Crippen LogP contribution in [0.4, 0.5) is 23.4 Å². The number of aryl methyl sites for hydroxylation is 1. The van der Waals surface area contributed by atoms with E-state index in [0.717, 1.165) is 12.3 Å². The smallest absolute Gasteiger partial charge is 0.324 e. The van der Waals surface area contributed by atoms with E-state index in [9.17, 15) is 30.8 Å². The van der Waals surface area contributed by atoms with Gasteiger partial charge in [-0.05, 0) is 40.9 Å². The molecule has 0 atom stereocenters. The number of imidazole rings is 1. The van der Waals surface area contributed by atoms with Crippen molar-refractivity contribution in [3.05, 3.63) is 28.5 Å². The summed E-state index contributed by atoms with van der Waals surface area (Å²) in [4.78, 5) is 23.7. The molecule has 0 spiro atoms. The zero-order valence-electron chi connectivity index (χ0n) is 17.2. The van der Waals surface area contributed by atoms with Gasteiger partial charge in [0.1, 0.15) is 17.2 Å². The van der Waals surface area contributed by atoms with Crippen molar-refractivity contribution in [2.45, 2.75) is 36.5 Å².